The van der Waals surface area contributed by atoms with Gasteiger partial charge in [-0.05, 0) is 24.3 Å². The molecule has 3 rings (SSSR count). The van der Waals surface area contributed by atoms with E-state index in [1.54, 1.807) is 24.3 Å². The van der Waals surface area contributed by atoms with Gasteiger partial charge in [-0.1, -0.05) is 47.1 Å². The van der Waals surface area contributed by atoms with Crippen LogP contribution in [-0.2, 0) is 0 Å². The van der Waals surface area contributed by atoms with Crippen molar-refractivity contribution < 1.29 is 14.9 Å². The second-order valence-corrected chi connectivity index (χ2v) is 6.81. The SMILES string of the molecule is CC[C@H]([NH2+]CCN1C(=O)c2ccccc2C1=O)c1ccc(Br)cc1. The fourth-order valence-corrected chi connectivity index (χ4v) is 3.36. The van der Waals surface area contributed by atoms with Crippen LogP contribution in [0.3, 0.4) is 0 Å². The highest BCUT2D eigenvalue weighted by Crippen LogP contribution is 2.21. The Bertz CT molecular complexity index is 723. The van der Waals surface area contributed by atoms with Crippen molar-refractivity contribution in [1.82, 2.24) is 4.90 Å². The lowest BCUT2D eigenvalue weighted by Gasteiger charge is -2.17. The molecule has 2 N–H and O–H groups in total. The molecule has 1 heterocycles. The number of imide groups is 1. The van der Waals surface area contributed by atoms with Gasteiger partial charge in [0.1, 0.15) is 6.04 Å². The molecule has 1 atom stereocenters. The molecule has 124 valence electrons. The van der Waals surface area contributed by atoms with E-state index >= 15 is 0 Å². The van der Waals surface area contributed by atoms with Crippen LogP contribution in [0, 0.1) is 0 Å². The third-order valence-corrected chi connectivity index (χ3v) is 4.95. The van der Waals surface area contributed by atoms with Crippen LogP contribution in [0.15, 0.2) is 53.0 Å². The Morgan fingerprint density at radius 1 is 1.00 bits per heavy atom. The van der Waals surface area contributed by atoms with E-state index in [-0.39, 0.29) is 11.8 Å². The third kappa shape index (κ3) is 3.28. The van der Waals surface area contributed by atoms with Crippen molar-refractivity contribution in [2.45, 2.75) is 19.4 Å². The van der Waals surface area contributed by atoms with Crippen molar-refractivity contribution in [3.8, 4) is 0 Å². The van der Waals surface area contributed by atoms with Crippen LogP contribution >= 0.6 is 15.9 Å². The number of nitrogens with zero attached hydrogens (tertiary/aromatic N) is 1. The molecule has 2 amide bonds. The van der Waals surface area contributed by atoms with Crippen molar-refractivity contribution in [2.75, 3.05) is 13.1 Å². The van der Waals surface area contributed by atoms with Gasteiger partial charge >= 0.3 is 0 Å². The molecular formula is C19H20BrN2O2+. The minimum atomic E-state index is -0.180. The van der Waals surface area contributed by atoms with E-state index < -0.39 is 0 Å². The molecule has 0 bridgehead atoms. The Balaban J connectivity index is 1.61. The molecule has 4 nitrogen and oxygen atoms in total. The molecule has 1 aliphatic heterocycles. The van der Waals surface area contributed by atoms with Crippen molar-refractivity contribution in [1.29, 1.82) is 0 Å². The standard InChI is InChI=1S/C19H19BrN2O2/c1-2-17(13-7-9-14(20)10-8-13)21-11-12-22-18(23)15-5-3-4-6-16(15)19(22)24/h3-10,17,21H,2,11-12H2,1H3/p+1/t17-/m0/s1. The maximum atomic E-state index is 12.3. The summed E-state index contributed by atoms with van der Waals surface area (Å²) in [5.41, 5.74) is 2.29. The summed E-state index contributed by atoms with van der Waals surface area (Å²) in [5.74, 6) is -0.360. The summed E-state index contributed by atoms with van der Waals surface area (Å²) in [7, 11) is 0. The molecule has 2 aromatic carbocycles. The molecule has 1 aliphatic rings. The van der Waals surface area contributed by atoms with Crippen molar-refractivity contribution in [3.63, 3.8) is 0 Å². The Morgan fingerprint density at radius 2 is 1.58 bits per heavy atom. The second-order valence-electron chi connectivity index (χ2n) is 5.90. The van der Waals surface area contributed by atoms with E-state index in [9.17, 15) is 9.59 Å². The average Bonchev–Trinajstić information content (AvgIpc) is 2.85. The smallest absolute Gasteiger partial charge is 0.261 e. The number of carbonyl (C=O) groups excluding carboxylic acids is 2. The van der Waals surface area contributed by atoms with E-state index in [4.69, 9.17) is 0 Å². The first-order valence-electron chi connectivity index (χ1n) is 8.16. The van der Waals surface area contributed by atoms with Gasteiger partial charge in [-0.2, -0.15) is 0 Å². The number of amides is 2. The number of hydrogen-bond donors (Lipinski definition) is 1. The van der Waals surface area contributed by atoms with Gasteiger partial charge < -0.3 is 5.32 Å². The van der Waals surface area contributed by atoms with Crippen LogP contribution in [0.2, 0.25) is 0 Å². The van der Waals surface area contributed by atoms with Crippen LogP contribution in [0.5, 0.6) is 0 Å². The first kappa shape index (κ1) is 16.9. The molecule has 0 radical (unpaired) electrons. The summed E-state index contributed by atoms with van der Waals surface area (Å²) in [6.45, 7) is 3.27. The topological polar surface area (TPSA) is 54.0 Å². The van der Waals surface area contributed by atoms with E-state index in [0.717, 1.165) is 10.9 Å². The Morgan fingerprint density at radius 3 is 2.12 bits per heavy atom. The van der Waals surface area contributed by atoms with Gasteiger partial charge in [0.25, 0.3) is 11.8 Å². The van der Waals surface area contributed by atoms with Crippen molar-refractivity contribution in [2.24, 2.45) is 0 Å². The van der Waals surface area contributed by atoms with E-state index in [0.29, 0.717) is 30.3 Å². The fraction of sp³-hybridized carbons (Fsp3) is 0.263. The summed E-state index contributed by atoms with van der Waals surface area (Å²) in [6.07, 6.45) is 0.990. The van der Waals surface area contributed by atoms with E-state index in [1.807, 2.05) is 12.1 Å². The number of quaternary nitrogens is 1. The van der Waals surface area contributed by atoms with Gasteiger partial charge in [0.05, 0.1) is 24.2 Å². The maximum Gasteiger partial charge on any atom is 0.261 e. The molecule has 2 aromatic rings. The summed E-state index contributed by atoms with van der Waals surface area (Å²) >= 11 is 3.45. The van der Waals surface area contributed by atoms with Crippen LogP contribution < -0.4 is 5.32 Å². The second kappa shape index (κ2) is 7.28. The number of hydrogen-bond acceptors (Lipinski definition) is 2. The summed E-state index contributed by atoms with van der Waals surface area (Å²) in [5, 5.41) is 2.20. The highest BCUT2D eigenvalue weighted by Gasteiger charge is 2.35. The van der Waals surface area contributed by atoms with Crippen LogP contribution in [-0.4, -0.2) is 29.8 Å². The molecule has 0 aliphatic carbocycles. The van der Waals surface area contributed by atoms with E-state index in [1.165, 1.54) is 10.5 Å². The zero-order valence-electron chi connectivity index (χ0n) is 13.5. The first-order chi connectivity index (χ1) is 11.6. The number of halogens is 1. The molecule has 0 unspecified atom stereocenters. The molecule has 0 aromatic heterocycles. The summed E-state index contributed by atoms with van der Waals surface area (Å²) < 4.78 is 1.06. The van der Waals surface area contributed by atoms with Gasteiger partial charge in [-0.3, -0.25) is 14.5 Å². The summed E-state index contributed by atoms with van der Waals surface area (Å²) in [4.78, 5) is 26.0. The molecule has 0 saturated carbocycles. The van der Waals surface area contributed by atoms with Crippen LogP contribution in [0.4, 0.5) is 0 Å². The van der Waals surface area contributed by atoms with Gasteiger partial charge in [-0.25, -0.2) is 0 Å². The number of fused-ring (bicyclic) bond motifs is 1. The molecule has 24 heavy (non-hydrogen) atoms. The largest absolute Gasteiger partial charge is 0.339 e. The lowest BCUT2D eigenvalue weighted by molar-refractivity contribution is -0.695. The maximum absolute atomic E-state index is 12.3. The molecule has 0 fully saturated rings. The minimum Gasteiger partial charge on any atom is -0.339 e. The lowest BCUT2D eigenvalue weighted by Crippen LogP contribution is -2.86. The Kier molecular flexibility index (Phi) is 5.11. The van der Waals surface area contributed by atoms with Crippen molar-refractivity contribution >= 4 is 27.7 Å². The molecule has 0 spiro atoms. The molecule has 5 heteroatoms. The monoisotopic (exact) mass is 387 g/mol. The van der Waals surface area contributed by atoms with Gasteiger partial charge in [0.2, 0.25) is 0 Å². The third-order valence-electron chi connectivity index (χ3n) is 4.42. The van der Waals surface area contributed by atoms with Gasteiger partial charge in [0, 0.05) is 16.5 Å². The minimum absolute atomic E-state index is 0.180. The Hall–Kier alpha value is -1.98. The van der Waals surface area contributed by atoms with Crippen molar-refractivity contribution in [3.05, 3.63) is 69.7 Å². The first-order valence-corrected chi connectivity index (χ1v) is 8.95. The summed E-state index contributed by atoms with van der Waals surface area (Å²) in [6, 6.07) is 15.6. The zero-order valence-corrected chi connectivity index (χ0v) is 15.1. The highest BCUT2D eigenvalue weighted by molar-refractivity contribution is 9.10. The number of rotatable bonds is 6. The molecule has 0 saturated heterocycles. The van der Waals surface area contributed by atoms with Crippen LogP contribution in [0.1, 0.15) is 45.7 Å². The predicted molar refractivity (Wildman–Crippen MR) is 95.8 cm³/mol. The Labute approximate surface area is 150 Å². The average molecular weight is 388 g/mol. The lowest BCUT2D eigenvalue weighted by atomic mass is 10.0. The number of benzene rings is 2. The number of carbonyl (C=O) groups is 2. The molecular weight excluding hydrogens is 368 g/mol. The zero-order chi connectivity index (χ0) is 17.1. The van der Waals surface area contributed by atoms with Crippen LogP contribution in [0.25, 0.3) is 0 Å². The normalized spacial score (nSPS) is 14.8. The van der Waals surface area contributed by atoms with Gasteiger partial charge in [0.15, 0.2) is 0 Å². The van der Waals surface area contributed by atoms with Gasteiger partial charge in [-0.15, -0.1) is 0 Å². The quantitative estimate of drug-likeness (QED) is 0.774. The number of nitrogens with two attached hydrogens (primary N) is 1. The highest BCUT2D eigenvalue weighted by atomic mass is 79.9. The predicted octanol–water partition coefficient (Wildman–Crippen LogP) is 2.76. The fourth-order valence-electron chi connectivity index (χ4n) is 3.10. The van der Waals surface area contributed by atoms with E-state index in [2.05, 4.69) is 40.3 Å².